The molecule has 10 heteroatoms. The number of nitrogens with one attached hydrogen (secondary N) is 1. The van der Waals surface area contributed by atoms with Crippen LogP contribution in [0.3, 0.4) is 0 Å². The summed E-state index contributed by atoms with van der Waals surface area (Å²) in [6.45, 7) is 2.55. The summed E-state index contributed by atoms with van der Waals surface area (Å²) in [5, 5.41) is 7.13. The van der Waals surface area contributed by atoms with E-state index in [0.29, 0.717) is 11.4 Å². The summed E-state index contributed by atoms with van der Waals surface area (Å²) in [5.41, 5.74) is 0.440. The van der Waals surface area contributed by atoms with Crippen LogP contribution in [0.25, 0.3) is 11.5 Å². The second kappa shape index (κ2) is 6.04. The van der Waals surface area contributed by atoms with E-state index in [9.17, 15) is 8.42 Å². The summed E-state index contributed by atoms with van der Waals surface area (Å²) in [5.74, 6) is 0.802. The summed E-state index contributed by atoms with van der Waals surface area (Å²) in [4.78, 5) is 6.51. The van der Waals surface area contributed by atoms with Crippen molar-refractivity contribution in [2.45, 2.75) is 11.1 Å². The Morgan fingerprint density at radius 2 is 2.22 bits per heavy atom. The molecule has 23 heavy (non-hydrogen) atoms. The highest BCUT2D eigenvalue weighted by atomic mass is 32.2. The molecule has 3 heterocycles. The number of piperazine rings is 1. The van der Waals surface area contributed by atoms with Gasteiger partial charge in [-0.15, -0.1) is 0 Å². The first-order valence-corrected chi connectivity index (χ1v) is 8.59. The highest BCUT2D eigenvalue weighted by molar-refractivity contribution is 7.88. The van der Waals surface area contributed by atoms with Gasteiger partial charge >= 0.3 is 0 Å². The summed E-state index contributed by atoms with van der Waals surface area (Å²) < 4.78 is 35.5. The Kier molecular flexibility index (Phi) is 4.23. The molecule has 3 rings (SSSR count). The van der Waals surface area contributed by atoms with E-state index < -0.39 is 10.0 Å². The van der Waals surface area contributed by atoms with E-state index in [1.165, 1.54) is 26.4 Å². The molecule has 0 saturated carbocycles. The van der Waals surface area contributed by atoms with E-state index in [2.05, 4.69) is 20.4 Å². The highest BCUT2D eigenvalue weighted by Gasteiger charge is 2.27. The molecule has 1 N–H and O–H groups in total. The lowest BCUT2D eigenvalue weighted by Crippen LogP contribution is -2.44. The maximum Gasteiger partial charge on any atom is 0.275 e. The van der Waals surface area contributed by atoms with E-state index >= 15 is 0 Å². The Hall–Kier alpha value is -1.75. The predicted molar refractivity (Wildman–Crippen MR) is 81.1 cm³/mol. The zero-order valence-corrected chi connectivity index (χ0v) is 14.0. The fourth-order valence-electron chi connectivity index (χ4n) is 2.33. The quantitative estimate of drug-likeness (QED) is 0.838. The molecule has 1 saturated heterocycles. The highest BCUT2D eigenvalue weighted by Crippen LogP contribution is 2.26. The second-order valence-corrected chi connectivity index (χ2v) is 7.68. The van der Waals surface area contributed by atoms with Gasteiger partial charge in [-0.05, 0) is 7.05 Å². The van der Waals surface area contributed by atoms with E-state index in [4.69, 9.17) is 8.94 Å². The zero-order valence-electron chi connectivity index (χ0n) is 13.2. The van der Waals surface area contributed by atoms with Gasteiger partial charge in [-0.3, -0.25) is 4.90 Å². The number of hydrogen-bond donors (Lipinski definition) is 1. The number of furan rings is 1. The standard InChI is InChI=1S/C13H19N5O4S/c1-17(2)23(19,20)11-6-9(8-21-11)13-15-12(16-22-13)10-7-14-4-5-18(10)3/h6,8,10,14H,4-5,7H2,1-3H3. The number of rotatable bonds is 4. The summed E-state index contributed by atoms with van der Waals surface area (Å²) >= 11 is 0. The van der Waals surface area contributed by atoms with Crippen molar-refractivity contribution in [3.8, 4) is 11.5 Å². The Balaban J connectivity index is 1.85. The van der Waals surface area contributed by atoms with Gasteiger partial charge in [-0.25, -0.2) is 12.7 Å². The smallest absolute Gasteiger partial charge is 0.275 e. The monoisotopic (exact) mass is 341 g/mol. The lowest BCUT2D eigenvalue weighted by molar-refractivity contribution is 0.190. The molecule has 0 aromatic carbocycles. The van der Waals surface area contributed by atoms with Crippen molar-refractivity contribution in [2.24, 2.45) is 0 Å². The summed E-state index contributed by atoms with van der Waals surface area (Å²) in [7, 11) is 1.25. The molecule has 0 radical (unpaired) electrons. The minimum atomic E-state index is -3.63. The van der Waals surface area contributed by atoms with E-state index in [1.807, 2.05) is 7.05 Å². The van der Waals surface area contributed by atoms with Gasteiger partial charge in [0.25, 0.3) is 15.9 Å². The van der Waals surface area contributed by atoms with Crippen molar-refractivity contribution < 1.29 is 17.4 Å². The van der Waals surface area contributed by atoms with Crippen LogP contribution in [0, 0.1) is 0 Å². The predicted octanol–water partition coefficient (Wildman–Crippen LogP) is 0.156. The van der Waals surface area contributed by atoms with E-state index in [0.717, 1.165) is 23.9 Å². The van der Waals surface area contributed by atoms with Gasteiger partial charge < -0.3 is 14.3 Å². The number of likely N-dealkylation sites (N-methyl/N-ethyl adjacent to an activating group) is 1. The second-order valence-electron chi connectivity index (χ2n) is 5.60. The Morgan fingerprint density at radius 3 is 2.91 bits per heavy atom. The SMILES string of the molecule is CN1CCNCC1c1noc(-c2coc(S(=O)(=O)N(C)C)c2)n1. The molecule has 1 unspecified atom stereocenters. The Bertz CT molecular complexity index is 782. The minimum absolute atomic E-state index is 0.0260. The third-order valence-corrected chi connectivity index (χ3v) is 5.49. The maximum absolute atomic E-state index is 12.0. The average Bonchev–Trinajstić information content (AvgIpc) is 3.17. The average molecular weight is 341 g/mol. The summed E-state index contributed by atoms with van der Waals surface area (Å²) in [6.07, 6.45) is 1.30. The topological polar surface area (TPSA) is 105 Å². The molecule has 1 aliphatic heterocycles. The molecular formula is C13H19N5O4S. The van der Waals surface area contributed by atoms with Crippen LogP contribution in [-0.4, -0.2) is 68.5 Å². The molecule has 9 nitrogen and oxygen atoms in total. The van der Waals surface area contributed by atoms with Crippen LogP contribution in [0.1, 0.15) is 11.9 Å². The fraction of sp³-hybridized carbons (Fsp3) is 0.538. The third-order valence-electron chi connectivity index (χ3n) is 3.81. The Labute approximate surface area is 134 Å². The molecular weight excluding hydrogens is 322 g/mol. The van der Waals surface area contributed by atoms with Gasteiger partial charge in [0.1, 0.15) is 6.26 Å². The zero-order chi connectivity index (χ0) is 16.6. The molecule has 0 aliphatic carbocycles. The van der Waals surface area contributed by atoms with Gasteiger partial charge in [0.2, 0.25) is 5.09 Å². The molecule has 1 fully saturated rings. The van der Waals surface area contributed by atoms with Crippen LogP contribution >= 0.6 is 0 Å². The molecule has 0 spiro atoms. The first kappa shape index (κ1) is 16.1. The van der Waals surface area contributed by atoms with Crippen molar-refractivity contribution in [2.75, 3.05) is 40.8 Å². The van der Waals surface area contributed by atoms with Gasteiger partial charge in [0.15, 0.2) is 5.82 Å². The molecule has 0 amide bonds. The first-order chi connectivity index (χ1) is 10.9. The molecule has 0 bridgehead atoms. The normalized spacial score (nSPS) is 20.3. The van der Waals surface area contributed by atoms with Crippen LogP contribution in [-0.2, 0) is 10.0 Å². The van der Waals surface area contributed by atoms with Gasteiger partial charge in [-0.1, -0.05) is 5.16 Å². The number of aromatic nitrogens is 2. The first-order valence-electron chi connectivity index (χ1n) is 7.15. The molecule has 126 valence electrons. The third kappa shape index (κ3) is 3.02. The molecule has 1 atom stereocenters. The van der Waals surface area contributed by atoms with Crippen molar-refractivity contribution >= 4 is 10.0 Å². The number of nitrogens with zero attached hydrogens (tertiary/aromatic N) is 4. The summed E-state index contributed by atoms with van der Waals surface area (Å²) in [6, 6.07) is 1.41. The number of sulfonamides is 1. The minimum Gasteiger partial charge on any atom is -0.451 e. The van der Waals surface area contributed by atoms with Gasteiger partial charge in [0.05, 0.1) is 11.6 Å². The van der Waals surface area contributed by atoms with Crippen LogP contribution in [0.4, 0.5) is 0 Å². The van der Waals surface area contributed by atoms with Crippen molar-refractivity contribution in [3.63, 3.8) is 0 Å². The van der Waals surface area contributed by atoms with Crippen LogP contribution in [0.2, 0.25) is 0 Å². The van der Waals surface area contributed by atoms with Crippen molar-refractivity contribution in [3.05, 3.63) is 18.2 Å². The van der Waals surface area contributed by atoms with Crippen molar-refractivity contribution in [1.29, 1.82) is 0 Å². The van der Waals surface area contributed by atoms with Crippen molar-refractivity contribution in [1.82, 2.24) is 24.7 Å². The Morgan fingerprint density at radius 1 is 1.43 bits per heavy atom. The molecule has 2 aromatic rings. The largest absolute Gasteiger partial charge is 0.451 e. The van der Waals surface area contributed by atoms with Gasteiger partial charge in [0, 0.05) is 39.8 Å². The number of hydrogen-bond acceptors (Lipinski definition) is 8. The lowest BCUT2D eigenvalue weighted by Gasteiger charge is -2.30. The molecule has 1 aliphatic rings. The van der Waals surface area contributed by atoms with E-state index in [-0.39, 0.29) is 17.0 Å². The maximum atomic E-state index is 12.0. The fourth-order valence-corrected chi connectivity index (χ4v) is 3.13. The lowest BCUT2D eigenvalue weighted by atomic mass is 10.2. The van der Waals surface area contributed by atoms with Crippen LogP contribution in [0.15, 0.2) is 26.4 Å². The van der Waals surface area contributed by atoms with Crippen LogP contribution in [0.5, 0.6) is 0 Å². The van der Waals surface area contributed by atoms with Crippen LogP contribution < -0.4 is 5.32 Å². The molecule has 2 aromatic heterocycles. The van der Waals surface area contributed by atoms with Gasteiger partial charge in [-0.2, -0.15) is 4.98 Å². The van der Waals surface area contributed by atoms with E-state index in [1.54, 1.807) is 0 Å².